The number of anilines is 1. The minimum absolute atomic E-state index is 0.00491. The molecule has 2 nitrogen and oxygen atoms in total. The van der Waals surface area contributed by atoms with E-state index in [-0.39, 0.29) is 6.04 Å². The van der Waals surface area contributed by atoms with Crippen molar-refractivity contribution >= 4 is 5.69 Å². The summed E-state index contributed by atoms with van der Waals surface area (Å²) in [7, 11) is 1.98. The highest BCUT2D eigenvalue weighted by molar-refractivity contribution is 5.48. The Bertz CT molecular complexity index is 340. The summed E-state index contributed by atoms with van der Waals surface area (Å²) >= 11 is 0. The highest BCUT2D eigenvalue weighted by Gasteiger charge is 2.31. The van der Waals surface area contributed by atoms with Crippen molar-refractivity contribution < 1.29 is 4.39 Å². The number of rotatable bonds is 2. The maximum atomic E-state index is 14.2. The second-order valence-corrected chi connectivity index (χ2v) is 4.22. The second kappa shape index (κ2) is 4.19. The van der Waals surface area contributed by atoms with Crippen molar-refractivity contribution in [2.75, 3.05) is 19.3 Å². The Morgan fingerprint density at radius 2 is 2.20 bits per heavy atom. The van der Waals surface area contributed by atoms with E-state index in [1.54, 1.807) is 12.1 Å². The lowest BCUT2D eigenvalue weighted by atomic mass is 10.0. The van der Waals surface area contributed by atoms with Gasteiger partial charge in [0.05, 0.1) is 0 Å². The molecule has 15 heavy (non-hydrogen) atoms. The molecule has 2 rings (SSSR count). The van der Waals surface area contributed by atoms with Crippen LogP contribution in [0.15, 0.2) is 24.3 Å². The summed E-state index contributed by atoms with van der Waals surface area (Å²) in [6, 6.07) is 7.22. The zero-order chi connectivity index (χ0) is 10.8. The first kappa shape index (κ1) is 10.4. The zero-order valence-electron chi connectivity index (χ0n) is 8.99. The summed E-state index contributed by atoms with van der Waals surface area (Å²) in [6.07, 6.45) is 1.04. The maximum absolute atomic E-state index is 14.2. The molecule has 1 saturated heterocycles. The Labute approximate surface area is 89.9 Å². The van der Waals surface area contributed by atoms with Crippen LogP contribution in [0.25, 0.3) is 0 Å². The number of nitrogens with zero attached hydrogens (tertiary/aromatic N) is 1. The number of hydrogen-bond acceptors (Lipinski definition) is 2. The van der Waals surface area contributed by atoms with Gasteiger partial charge in [0, 0.05) is 17.3 Å². The Kier molecular flexibility index (Phi) is 2.91. The fourth-order valence-corrected chi connectivity index (χ4v) is 2.28. The lowest BCUT2D eigenvalue weighted by Gasteiger charge is -2.24. The summed E-state index contributed by atoms with van der Waals surface area (Å²) in [5.74, 6) is 0. The molecule has 0 aliphatic carbocycles. The minimum atomic E-state index is -0.960. The number of likely N-dealkylation sites (N-methyl/N-ethyl adjacent to an activating group) is 1. The van der Waals surface area contributed by atoms with Crippen LogP contribution >= 0.6 is 0 Å². The van der Waals surface area contributed by atoms with Crippen molar-refractivity contribution in [3.8, 4) is 0 Å². The van der Waals surface area contributed by atoms with Gasteiger partial charge in [0.2, 0.25) is 0 Å². The second-order valence-electron chi connectivity index (χ2n) is 4.22. The van der Waals surface area contributed by atoms with Crippen molar-refractivity contribution in [1.82, 2.24) is 4.90 Å². The van der Waals surface area contributed by atoms with Gasteiger partial charge in [-0.15, -0.1) is 0 Å². The standard InChI is InChI=1S/C12H17FN2/c1-15-8-4-7-11(15)12(13)9-5-2-3-6-10(9)14/h2-3,5-6,11-12H,4,7-8,14H2,1H3. The molecule has 2 atom stereocenters. The van der Waals surface area contributed by atoms with Crippen LogP contribution in [0.4, 0.5) is 10.1 Å². The summed E-state index contributed by atoms with van der Waals surface area (Å²) in [4.78, 5) is 2.08. The number of benzene rings is 1. The number of nitrogens with two attached hydrogens (primary N) is 1. The Hall–Kier alpha value is -1.09. The van der Waals surface area contributed by atoms with Crippen molar-refractivity contribution in [2.45, 2.75) is 25.1 Å². The Morgan fingerprint density at radius 1 is 1.47 bits per heavy atom. The van der Waals surface area contributed by atoms with Crippen molar-refractivity contribution in [3.05, 3.63) is 29.8 Å². The summed E-state index contributed by atoms with van der Waals surface area (Å²) < 4.78 is 14.2. The monoisotopic (exact) mass is 208 g/mol. The van der Waals surface area contributed by atoms with E-state index >= 15 is 0 Å². The van der Waals surface area contributed by atoms with Crippen LogP contribution in [0.5, 0.6) is 0 Å². The van der Waals surface area contributed by atoms with Gasteiger partial charge in [0.15, 0.2) is 0 Å². The molecule has 1 aliphatic heterocycles. The molecule has 1 aromatic carbocycles. The molecule has 3 heteroatoms. The van der Waals surface area contributed by atoms with E-state index in [0.717, 1.165) is 19.4 Å². The smallest absolute Gasteiger partial charge is 0.143 e. The van der Waals surface area contributed by atoms with Crippen LogP contribution in [0.1, 0.15) is 24.6 Å². The Balaban J connectivity index is 2.20. The average molecular weight is 208 g/mol. The highest BCUT2D eigenvalue weighted by Crippen LogP contribution is 2.33. The van der Waals surface area contributed by atoms with E-state index in [4.69, 9.17) is 5.73 Å². The molecule has 82 valence electrons. The lowest BCUT2D eigenvalue weighted by Crippen LogP contribution is -2.29. The molecule has 0 amide bonds. The van der Waals surface area contributed by atoms with E-state index in [1.165, 1.54) is 0 Å². The van der Waals surface area contributed by atoms with E-state index in [9.17, 15) is 4.39 Å². The van der Waals surface area contributed by atoms with Gasteiger partial charge in [-0.3, -0.25) is 0 Å². The summed E-state index contributed by atoms with van der Waals surface area (Å²) in [5, 5.41) is 0. The topological polar surface area (TPSA) is 29.3 Å². The first-order valence-electron chi connectivity index (χ1n) is 5.39. The van der Waals surface area contributed by atoms with Crippen LogP contribution in [0.2, 0.25) is 0 Å². The average Bonchev–Trinajstić information content (AvgIpc) is 2.64. The number of nitrogen functional groups attached to an aromatic ring is 1. The lowest BCUT2D eigenvalue weighted by molar-refractivity contribution is 0.174. The molecule has 1 aromatic rings. The van der Waals surface area contributed by atoms with Crippen LogP contribution in [-0.2, 0) is 0 Å². The van der Waals surface area contributed by atoms with Gasteiger partial charge in [-0.1, -0.05) is 18.2 Å². The third-order valence-electron chi connectivity index (χ3n) is 3.21. The minimum Gasteiger partial charge on any atom is -0.398 e. The number of alkyl halides is 1. The van der Waals surface area contributed by atoms with E-state index in [0.29, 0.717) is 11.3 Å². The summed E-state index contributed by atoms with van der Waals surface area (Å²) in [5.41, 5.74) is 6.97. The molecule has 0 aromatic heterocycles. The predicted molar refractivity (Wildman–Crippen MR) is 60.4 cm³/mol. The number of para-hydroxylation sites is 1. The van der Waals surface area contributed by atoms with Gasteiger partial charge in [0.1, 0.15) is 6.17 Å². The van der Waals surface area contributed by atoms with Crippen LogP contribution in [0.3, 0.4) is 0 Å². The Morgan fingerprint density at radius 3 is 2.80 bits per heavy atom. The maximum Gasteiger partial charge on any atom is 0.143 e. The molecule has 0 saturated carbocycles. The fourth-order valence-electron chi connectivity index (χ4n) is 2.28. The number of likely N-dealkylation sites (tertiary alicyclic amines) is 1. The molecule has 0 bridgehead atoms. The summed E-state index contributed by atoms with van der Waals surface area (Å²) in [6.45, 7) is 0.984. The third kappa shape index (κ3) is 1.97. The third-order valence-corrected chi connectivity index (χ3v) is 3.21. The van der Waals surface area contributed by atoms with Crippen molar-refractivity contribution in [3.63, 3.8) is 0 Å². The van der Waals surface area contributed by atoms with Crippen molar-refractivity contribution in [2.24, 2.45) is 0 Å². The zero-order valence-corrected chi connectivity index (χ0v) is 8.99. The van der Waals surface area contributed by atoms with Gasteiger partial charge < -0.3 is 10.6 Å². The van der Waals surface area contributed by atoms with Gasteiger partial charge in [-0.2, -0.15) is 0 Å². The first-order chi connectivity index (χ1) is 7.20. The first-order valence-corrected chi connectivity index (χ1v) is 5.39. The van der Waals surface area contributed by atoms with Crippen LogP contribution in [-0.4, -0.2) is 24.5 Å². The normalized spacial score (nSPS) is 24.3. The van der Waals surface area contributed by atoms with Gasteiger partial charge in [0.25, 0.3) is 0 Å². The highest BCUT2D eigenvalue weighted by atomic mass is 19.1. The SMILES string of the molecule is CN1CCCC1C(F)c1ccccc1N. The van der Waals surface area contributed by atoms with Gasteiger partial charge >= 0.3 is 0 Å². The van der Waals surface area contributed by atoms with E-state index in [2.05, 4.69) is 4.90 Å². The van der Waals surface area contributed by atoms with Crippen molar-refractivity contribution in [1.29, 1.82) is 0 Å². The van der Waals surface area contributed by atoms with Crippen LogP contribution in [0, 0.1) is 0 Å². The largest absolute Gasteiger partial charge is 0.398 e. The molecular weight excluding hydrogens is 191 g/mol. The molecule has 1 fully saturated rings. The molecule has 2 unspecified atom stereocenters. The molecule has 2 N–H and O–H groups in total. The van der Waals surface area contributed by atoms with Gasteiger partial charge in [-0.25, -0.2) is 4.39 Å². The quantitative estimate of drug-likeness (QED) is 0.756. The number of hydrogen-bond donors (Lipinski definition) is 1. The molecule has 1 aliphatic rings. The number of halogens is 1. The molecule has 0 radical (unpaired) electrons. The molecular formula is C12H17FN2. The van der Waals surface area contributed by atoms with Gasteiger partial charge in [-0.05, 0) is 32.5 Å². The van der Waals surface area contributed by atoms with E-state index < -0.39 is 6.17 Å². The molecule has 0 spiro atoms. The van der Waals surface area contributed by atoms with E-state index in [1.807, 2.05) is 19.2 Å². The fraction of sp³-hybridized carbons (Fsp3) is 0.500. The van der Waals surface area contributed by atoms with Crippen LogP contribution < -0.4 is 5.73 Å². The predicted octanol–water partition coefficient (Wildman–Crippen LogP) is 2.37. The molecule has 1 heterocycles.